The number of hydrogen-bond acceptors (Lipinski definition) is 17. The van der Waals surface area contributed by atoms with Crippen LogP contribution in [0.15, 0.2) is 21.9 Å². The Labute approximate surface area is 217 Å². The molecule has 0 bridgehead atoms. The molecule has 1 amide bonds. The number of aliphatic hydroxyl groups excluding tert-OH is 5. The van der Waals surface area contributed by atoms with Crippen molar-refractivity contribution in [2.75, 3.05) is 13.2 Å². The van der Waals surface area contributed by atoms with E-state index in [-0.39, 0.29) is 0 Å². The molecule has 22 heteroatoms. The molecule has 20 nitrogen and oxygen atoms in total. The lowest BCUT2D eigenvalue weighted by Crippen LogP contribution is -2.64. The second-order valence-corrected chi connectivity index (χ2v) is 11.3. The van der Waals surface area contributed by atoms with Crippen molar-refractivity contribution in [2.24, 2.45) is 0 Å². The van der Waals surface area contributed by atoms with E-state index in [0.29, 0.717) is 4.57 Å². The highest BCUT2D eigenvalue weighted by Crippen LogP contribution is 2.57. The first-order valence-corrected chi connectivity index (χ1v) is 13.9. The fourth-order valence-electron chi connectivity index (χ4n) is 3.74. The van der Waals surface area contributed by atoms with Gasteiger partial charge in [-0.2, -0.15) is 0 Å². The third-order valence-electron chi connectivity index (χ3n) is 5.54. The predicted octanol–water partition coefficient (Wildman–Crippen LogP) is -5.91. The van der Waals surface area contributed by atoms with Crippen molar-refractivity contribution < 1.29 is 72.1 Å². The van der Waals surface area contributed by atoms with Gasteiger partial charge < -0.3 is 54.6 Å². The molecule has 11 atom stereocenters. The zero-order valence-corrected chi connectivity index (χ0v) is 21.5. The lowest BCUT2D eigenvalue weighted by molar-refractivity contribution is -0.285. The van der Waals surface area contributed by atoms with Gasteiger partial charge in [0, 0.05) is 19.2 Å². The molecular formula is C17H25N3O17P2-2. The van der Waals surface area contributed by atoms with E-state index in [4.69, 9.17) is 9.47 Å². The Hall–Kier alpha value is -1.87. The minimum absolute atomic E-state index is 0.697. The molecule has 7 N–H and O–H groups in total. The number of ether oxygens (including phenoxy) is 2. The number of aliphatic hydroxyl groups is 5. The smallest absolute Gasteiger partial charge is 0.330 e. The molecule has 3 rings (SSSR count). The molecule has 0 aromatic carbocycles. The van der Waals surface area contributed by atoms with Gasteiger partial charge in [0.05, 0.1) is 13.2 Å². The van der Waals surface area contributed by atoms with E-state index in [9.17, 15) is 58.8 Å². The quantitative estimate of drug-likeness (QED) is 0.122. The number of aromatic nitrogens is 2. The highest BCUT2D eigenvalue weighted by atomic mass is 31.3. The van der Waals surface area contributed by atoms with Crippen LogP contribution in [0, 0.1) is 0 Å². The normalized spacial score (nSPS) is 36.2. The van der Waals surface area contributed by atoms with E-state index in [1.165, 1.54) is 0 Å². The van der Waals surface area contributed by atoms with Crippen molar-refractivity contribution >= 4 is 21.6 Å². The van der Waals surface area contributed by atoms with Gasteiger partial charge >= 0.3 is 5.69 Å². The van der Waals surface area contributed by atoms with Gasteiger partial charge in [-0.05, 0) is 0 Å². The molecule has 0 saturated carbocycles. The average molecular weight is 605 g/mol. The van der Waals surface area contributed by atoms with Gasteiger partial charge in [-0.3, -0.25) is 32.8 Å². The zero-order valence-electron chi connectivity index (χ0n) is 19.7. The van der Waals surface area contributed by atoms with Crippen molar-refractivity contribution in [3.8, 4) is 0 Å². The Balaban J connectivity index is 1.66. The number of hydrogen-bond donors (Lipinski definition) is 7. The standard InChI is InChI=1S/C17H27N3O17P2/c1-6(22)18-10-13(26)11(24)7(4-21)35-16(10)36-39(31,32)37-38(29,30)33-5-8-12(25)14(27)15(34-8)20-3-2-9(23)19-17(20)28/h2-3,7-8,10-16,21,24-27H,4-5H2,1H3,(H,18,22)(H,29,30)(H,31,32)(H,19,23,28)/p-2/t7-,8-,10-,11+,12-,13-,14-,15?,16?/m1/s1. The summed E-state index contributed by atoms with van der Waals surface area (Å²) in [5.41, 5.74) is -1.79. The van der Waals surface area contributed by atoms with E-state index in [2.05, 4.69) is 18.7 Å². The van der Waals surface area contributed by atoms with E-state index < -0.39 is 101 Å². The number of carbonyl (C=O) groups is 1. The van der Waals surface area contributed by atoms with E-state index >= 15 is 0 Å². The number of carbonyl (C=O) groups excluding carboxylic acids is 1. The van der Waals surface area contributed by atoms with Gasteiger partial charge in [-0.1, -0.05) is 0 Å². The van der Waals surface area contributed by atoms with Crippen molar-refractivity contribution in [3.63, 3.8) is 0 Å². The summed E-state index contributed by atoms with van der Waals surface area (Å²) < 4.78 is 48.2. The maximum atomic E-state index is 12.3. The highest BCUT2D eigenvalue weighted by Gasteiger charge is 2.47. The molecule has 222 valence electrons. The first kappa shape index (κ1) is 31.7. The molecule has 2 saturated heterocycles. The molecule has 39 heavy (non-hydrogen) atoms. The fourth-order valence-corrected chi connectivity index (χ4v) is 5.83. The van der Waals surface area contributed by atoms with Gasteiger partial charge in [-0.25, -0.2) is 9.11 Å². The van der Waals surface area contributed by atoms with Gasteiger partial charge in [0.2, 0.25) is 5.91 Å². The molecule has 2 fully saturated rings. The van der Waals surface area contributed by atoms with E-state index in [0.717, 1.165) is 19.2 Å². The number of nitrogens with one attached hydrogen (secondary N) is 2. The fraction of sp³-hybridized carbons (Fsp3) is 0.706. The Bertz CT molecular complexity index is 1240. The summed E-state index contributed by atoms with van der Waals surface area (Å²) in [4.78, 5) is 60.9. The van der Waals surface area contributed by atoms with Gasteiger partial charge in [0.25, 0.3) is 21.2 Å². The predicted molar refractivity (Wildman–Crippen MR) is 116 cm³/mol. The molecule has 1 aromatic heterocycles. The van der Waals surface area contributed by atoms with Crippen LogP contribution in [0.25, 0.3) is 0 Å². The summed E-state index contributed by atoms with van der Waals surface area (Å²) in [6, 6.07) is -0.844. The van der Waals surface area contributed by atoms with Gasteiger partial charge in [-0.15, -0.1) is 0 Å². The number of amides is 1. The molecular weight excluding hydrogens is 580 g/mol. The summed E-state index contributed by atoms with van der Waals surface area (Å²) in [5.74, 6) is -0.829. The van der Waals surface area contributed by atoms with Crippen LogP contribution in [0.2, 0.25) is 0 Å². The minimum atomic E-state index is -5.94. The number of H-pyrrole nitrogens is 1. The molecule has 1 aromatic rings. The van der Waals surface area contributed by atoms with Crippen LogP contribution in [-0.4, -0.2) is 103 Å². The Morgan fingerprint density at radius 3 is 2.31 bits per heavy atom. The first-order chi connectivity index (χ1) is 18.0. The third-order valence-corrected chi connectivity index (χ3v) is 8.07. The topological polar surface area (TPSA) is 312 Å². The van der Waals surface area contributed by atoms with Crippen LogP contribution in [0.3, 0.4) is 0 Å². The third kappa shape index (κ3) is 7.66. The maximum absolute atomic E-state index is 12.3. The van der Waals surface area contributed by atoms with Gasteiger partial charge in [0.1, 0.15) is 42.7 Å². The number of rotatable bonds is 10. The van der Waals surface area contributed by atoms with Crippen molar-refractivity contribution in [3.05, 3.63) is 33.1 Å². The summed E-state index contributed by atoms with van der Waals surface area (Å²) in [6.07, 6.45) is -13.4. The largest absolute Gasteiger partial charge is 0.756 e. The highest BCUT2D eigenvalue weighted by molar-refractivity contribution is 7.59. The molecule has 0 radical (unpaired) electrons. The van der Waals surface area contributed by atoms with Crippen LogP contribution < -0.4 is 26.4 Å². The second kappa shape index (κ2) is 12.3. The summed E-state index contributed by atoms with van der Waals surface area (Å²) in [7, 11) is -11.8. The van der Waals surface area contributed by atoms with Crippen LogP contribution in [0.5, 0.6) is 0 Å². The number of phosphoric ester groups is 2. The van der Waals surface area contributed by atoms with Crippen LogP contribution in [0.4, 0.5) is 0 Å². The molecule has 0 spiro atoms. The van der Waals surface area contributed by atoms with E-state index in [1.54, 1.807) is 0 Å². The minimum Gasteiger partial charge on any atom is -0.756 e. The number of phosphoric acid groups is 2. The maximum Gasteiger partial charge on any atom is 0.330 e. The summed E-state index contributed by atoms with van der Waals surface area (Å²) >= 11 is 0. The summed E-state index contributed by atoms with van der Waals surface area (Å²) in [6.45, 7) is -1.09. The molecule has 0 aliphatic carbocycles. The van der Waals surface area contributed by atoms with Crippen LogP contribution in [-0.2, 0) is 36.8 Å². The lowest BCUT2D eigenvalue weighted by Gasteiger charge is -2.44. The SMILES string of the molecule is CC(=O)N[C@H]1C(OP(=O)([O-])OP(=O)([O-])OC[C@H]2OC(n3ccc(=O)[nH]c3=O)[C@H](O)[C@@H]2O)O[C@H](CO)[C@H](O)[C@@H]1O. The lowest BCUT2D eigenvalue weighted by atomic mass is 9.97. The Kier molecular flexibility index (Phi) is 10.0. The first-order valence-electron chi connectivity index (χ1n) is 10.9. The van der Waals surface area contributed by atoms with Crippen LogP contribution in [0.1, 0.15) is 13.2 Å². The monoisotopic (exact) mass is 605 g/mol. The average Bonchev–Trinajstić information content (AvgIpc) is 3.10. The number of nitrogens with zero attached hydrogens (tertiary/aromatic N) is 1. The Morgan fingerprint density at radius 2 is 1.72 bits per heavy atom. The molecule has 4 unspecified atom stereocenters. The Morgan fingerprint density at radius 1 is 1.08 bits per heavy atom. The van der Waals surface area contributed by atoms with E-state index in [1.807, 2.05) is 4.98 Å². The zero-order chi connectivity index (χ0) is 29.3. The van der Waals surface area contributed by atoms with Crippen molar-refractivity contribution in [1.82, 2.24) is 14.9 Å². The van der Waals surface area contributed by atoms with Crippen LogP contribution >= 0.6 is 15.6 Å². The number of aromatic amines is 1. The molecule has 2 aliphatic rings. The summed E-state index contributed by atoms with van der Waals surface area (Å²) in [5, 5.41) is 51.7. The molecule has 3 heterocycles. The van der Waals surface area contributed by atoms with Crippen molar-refractivity contribution in [1.29, 1.82) is 0 Å². The van der Waals surface area contributed by atoms with Crippen molar-refractivity contribution in [2.45, 2.75) is 62.1 Å². The van der Waals surface area contributed by atoms with Gasteiger partial charge in [0.15, 0.2) is 12.5 Å². The second-order valence-electron chi connectivity index (χ2n) is 8.37. The molecule has 2 aliphatic heterocycles.